The van der Waals surface area contributed by atoms with Crippen LogP contribution < -0.4 is 0 Å². The predicted octanol–water partition coefficient (Wildman–Crippen LogP) is 3.23. The number of hydrogen-bond acceptors (Lipinski definition) is 5. The second kappa shape index (κ2) is 7.63. The molecule has 25 heavy (non-hydrogen) atoms. The number of carbonyl (C=O) groups is 1. The maximum absolute atomic E-state index is 11.3. The third-order valence-electron chi connectivity index (χ3n) is 6.46. The Hall–Kier alpha value is -0.490. The Morgan fingerprint density at radius 3 is 2.56 bits per heavy atom. The van der Waals surface area contributed by atoms with Crippen LogP contribution in [0.3, 0.4) is 0 Å². The first kappa shape index (κ1) is 19.3. The van der Waals surface area contributed by atoms with E-state index in [9.17, 15) is 4.79 Å². The summed E-state index contributed by atoms with van der Waals surface area (Å²) in [6, 6.07) is 0.0402. The maximum Gasteiger partial charge on any atom is 0.168 e. The zero-order valence-corrected chi connectivity index (χ0v) is 16.5. The van der Waals surface area contributed by atoms with Crippen LogP contribution in [0.25, 0.3) is 0 Å². The van der Waals surface area contributed by atoms with Gasteiger partial charge < -0.3 is 14.3 Å². The molecule has 0 radical (unpaired) electrons. The smallest absolute Gasteiger partial charge is 0.168 e. The first-order valence-electron chi connectivity index (χ1n) is 10.2. The molecular formula is C20H36N2O3. The van der Waals surface area contributed by atoms with Gasteiger partial charge in [0.25, 0.3) is 0 Å². The fourth-order valence-electron chi connectivity index (χ4n) is 4.81. The lowest BCUT2D eigenvalue weighted by Crippen LogP contribution is -2.49. The molecule has 1 spiro atoms. The third kappa shape index (κ3) is 4.26. The number of hydrazine groups is 1. The molecule has 0 N–H and O–H groups in total. The van der Waals surface area contributed by atoms with Crippen LogP contribution in [0, 0.1) is 11.3 Å². The summed E-state index contributed by atoms with van der Waals surface area (Å²) in [6.07, 6.45) is 7.67. The first-order chi connectivity index (χ1) is 11.9. The lowest BCUT2D eigenvalue weighted by molar-refractivity contribution is -0.201. The minimum Gasteiger partial charge on any atom is -0.347 e. The van der Waals surface area contributed by atoms with E-state index >= 15 is 0 Å². The zero-order valence-electron chi connectivity index (χ0n) is 16.5. The lowest BCUT2D eigenvalue weighted by Gasteiger charge is -2.41. The number of rotatable bonds is 5. The van der Waals surface area contributed by atoms with Gasteiger partial charge in [-0.3, -0.25) is 0 Å². The quantitative estimate of drug-likeness (QED) is 0.711. The van der Waals surface area contributed by atoms with Crippen LogP contribution in [-0.4, -0.2) is 60.5 Å². The second-order valence-electron chi connectivity index (χ2n) is 9.12. The summed E-state index contributed by atoms with van der Waals surface area (Å²) in [5, 5.41) is 4.53. The fraction of sp³-hybridized carbons (Fsp3) is 0.950. The van der Waals surface area contributed by atoms with Gasteiger partial charge in [0, 0.05) is 32.5 Å². The molecule has 2 heterocycles. The van der Waals surface area contributed by atoms with Crippen LogP contribution in [-0.2, 0) is 14.3 Å². The van der Waals surface area contributed by atoms with Gasteiger partial charge in [0.1, 0.15) is 6.29 Å². The van der Waals surface area contributed by atoms with Gasteiger partial charge in [-0.15, -0.1) is 0 Å². The fourth-order valence-corrected chi connectivity index (χ4v) is 4.81. The van der Waals surface area contributed by atoms with E-state index in [4.69, 9.17) is 9.47 Å². The van der Waals surface area contributed by atoms with E-state index in [-0.39, 0.29) is 17.9 Å². The molecule has 0 aromatic carbocycles. The average molecular weight is 353 g/mol. The molecule has 1 saturated carbocycles. The van der Waals surface area contributed by atoms with Gasteiger partial charge in [0.05, 0.1) is 18.8 Å². The molecule has 1 unspecified atom stereocenters. The SMILES string of the molecule is CCN(CC1COC2(CCC(C(C)(C)C)CC2)O1)N1CCC[C@H]1C=O. The summed E-state index contributed by atoms with van der Waals surface area (Å²) in [5.41, 5.74) is 0.373. The summed E-state index contributed by atoms with van der Waals surface area (Å²) >= 11 is 0. The minimum absolute atomic E-state index is 0.0402. The summed E-state index contributed by atoms with van der Waals surface area (Å²) < 4.78 is 12.6. The van der Waals surface area contributed by atoms with Crippen LogP contribution in [0.1, 0.15) is 66.2 Å². The van der Waals surface area contributed by atoms with Crippen molar-refractivity contribution in [3.63, 3.8) is 0 Å². The molecule has 0 aromatic heterocycles. The van der Waals surface area contributed by atoms with E-state index in [1.54, 1.807) is 0 Å². The molecule has 0 aromatic rings. The van der Waals surface area contributed by atoms with Crippen molar-refractivity contribution in [2.45, 2.75) is 84.2 Å². The molecule has 2 aliphatic heterocycles. The van der Waals surface area contributed by atoms with E-state index in [1.165, 1.54) is 12.8 Å². The monoisotopic (exact) mass is 352 g/mol. The second-order valence-corrected chi connectivity index (χ2v) is 9.12. The Labute approximate surface area is 153 Å². The van der Waals surface area contributed by atoms with E-state index in [2.05, 4.69) is 37.7 Å². The van der Waals surface area contributed by atoms with Gasteiger partial charge in [0.2, 0.25) is 0 Å². The first-order valence-corrected chi connectivity index (χ1v) is 10.2. The predicted molar refractivity (Wildman–Crippen MR) is 98.0 cm³/mol. The molecule has 144 valence electrons. The van der Waals surface area contributed by atoms with Crippen molar-refractivity contribution in [1.82, 2.24) is 10.0 Å². The van der Waals surface area contributed by atoms with Crippen LogP contribution >= 0.6 is 0 Å². The molecule has 0 bridgehead atoms. The maximum atomic E-state index is 11.3. The summed E-state index contributed by atoms with van der Waals surface area (Å²) in [4.78, 5) is 11.3. The number of aldehydes is 1. The Bertz CT molecular complexity index is 454. The Balaban J connectivity index is 1.53. The standard InChI is InChI=1S/C20H36N2O3/c1-5-21(22-12-6-7-17(22)14-23)13-18-15-24-20(25-18)10-8-16(9-11-20)19(2,3)4/h14,16-18H,5-13,15H2,1-4H3/t16?,17-,18?,20?/m0/s1. The Morgan fingerprint density at radius 1 is 1.24 bits per heavy atom. The van der Waals surface area contributed by atoms with Gasteiger partial charge in [-0.05, 0) is 37.0 Å². The summed E-state index contributed by atoms with van der Waals surface area (Å²) in [6.45, 7) is 12.6. The van der Waals surface area contributed by atoms with E-state index in [0.717, 1.165) is 57.5 Å². The van der Waals surface area contributed by atoms with Gasteiger partial charge in [-0.25, -0.2) is 10.0 Å². The molecule has 3 fully saturated rings. The molecule has 2 saturated heterocycles. The van der Waals surface area contributed by atoms with Crippen LogP contribution in [0.5, 0.6) is 0 Å². The summed E-state index contributed by atoms with van der Waals surface area (Å²) in [7, 11) is 0. The van der Waals surface area contributed by atoms with Crippen molar-refractivity contribution >= 4 is 6.29 Å². The van der Waals surface area contributed by atoms with Crippen molar-refractivity contribution in [1.29, 1.82) is 0 Å². The molecule has 1 aliphatic carbocycles. The molecule has 5 heteroatoms. The number of ether oxygens (including phenoxy) is 2. The number of likely N-dealkylation sites (N-methyl/N-ethyl adjacent to an activating group) is 1. The normalized spacial score (nSPS) is 37.2. The Morgan fingerprint density at radius 2 is 1.96 bits per heavy atom. The highest BCUT2D eigenvalue weighted by molar-refractivity contribution is 5.57. The molecule has 2 atom stereocenters. The largest absolute Gasteiger partial charge is 0.347 e. The van der Waals surface area contributed by atoms with Gasteiger partial charge in [0.15, 0.2) is 5.79 Å². The molecule has 5 nitrogen and oxygen atoms in total. The molecule has 0 amide bonds. The van der Waals surface area contributed by atoms with E-state index in [1.807, 2.05) is 0 Å². The van der Waals surface area contributed by atoms with Crippen molar-refractivity contribution in [3.05, 3.63) is 0 Å². The molecule has 3 aliphatic rings. The van der Waals surface area contributed by atoms with Crippen molar-refractivity contribution in [2.24, 2.45) is 11.3 Å². The highest BCUT2D eigenvalue weighted by Gasteiger charge is 2.46. The number of nitrogens with zero attached hydrogens (tertiary/aromatic N) is 2. The minimum atomic E-state index is -0.346. The summed E-state index contributed by atoms with van der Waals surface area (Å²) in [5.74, 6) is 0.412. The van der Waals surface area contributed by atoms with Crippen LogP contribution in [0.2, 0.25) is 0 Å². The zero-order chi connectivity index (χ0) is 18.1. The third-order valence-corrected chi connectivity index (χ3v) is 6.46. The van der Waals surface area contributed by atoms with Crippen molar-refractivity contribution in [2.75, 3.05) is 26.2 Å². The number of hydrogen-bond donors (Lipinski definition) is 0. The van der Waals surface area contributed by atoms with E-state index < -0.39 is 0 Å². The average Bonchev–Trinajstić information content (AvgIpc) is 3.19. The van der Waals surface area contributed by atoms with Gasteiger partial charge in [-0.2, -0.15) is 0 Å². The highest BCUT2D eigenvalue weighted by atomic mass is 16.7. The lowest BCUT2D eigenvalue weighted by atomic mass is 9.71. The van der Waals surface area contributed by atoms with Gasteiger partial charge in [-0.1, -0.05) is 27.7 Å². The number of carbonyl (C=O) groups excluding carboxylic acids is 1. The molecular weight excluding hydrogens is 316 g/mol. The van der Waals surface area contributed by atoms with Crippen molar-refractivity contribution < 1.29 is 14.3 Å². The Kier molecular flexibility index (Phi) is 5.88. The topological polar surface area (TPSA) is 42.0 Å². The molecule has 3 rings (SSSR count). The van der Waals surface area contributed by atoms with E-state index in [0.29, 0.717) is 12.0 Å². The van der Waals surface area contributed by atoms with Crippen LogP contribution in [0.4, 0.5) is 0 Å². The van der Waals surface area contributed by atoms with Crippen molar-refractivity contribution in [3.8, 4) is 0 Å². The van der Waals surface area contributed by atoms with Gasteiger partial charge >= 0.3 is 0 Å². The highest BCUT2D eigenvalue weighted by Crippen LogP contribution is 2.45. The van der Waals surface area contributed by atoms with Crippen LogP contribution in [0.15, 0.2) is 0 Å².